The predicted octanol–water partition coefficient (Wildman–Crippen LogP) is 2.72. The minimum absolute atomic E-state index is 0.0410. The Morgan fingerprint density at radius 3 is 2.72 bits per heavy atom. The molecule has 6 heteroatoms. The fourth-order valence-electron chi connectivity index (χ4n) is 3.72. The highest BCUT2D eigenvalue weighted by atomic mass is 16.2. The molecule has 1 fully saturated rings. The molecule has 3 aromatic rings. The third-order valence-electron chi connectivity index (χ3n) is 5.03. The summed E-state index contributed by atoms with van der Waals surface area (Å²) in [5.74, 6) is -0.142. The summed E-state index contributed by atoms with van der Waals surface area (Å²) in [6.45, 7) is -0.0410. The lowest BCUT2D eigenvalue weighted by Crippen LogP contribution is -2.39. The highest BCUT2D eigenvalue weighted by molar-refractivity contribution is 6.06. The molecule has 1 saturated carbocycles. The van der Waals surface area contributed by atoms with Crippen LogP contribution in [-0.4, -0.2) is 26.7 Å². The van der Waals surface area contributed by atoms with Gasteiger partial charge in [0.25, 0.3) is 5.56 Å². The highest BCUT2D eigenvalue weighted by Crippen LogP contribution is 2.21. The topological polar surface area (TPSA) is 79.8 Å². The Bertz CT molecular complexity index is 964. The molecule has 0 spiro atoms. The number of nitrogens with zero attached hydrogens (tertiary/aromatic N) is 2. The van der Waals surface area contributed by atoms with E-state index in [-0.39, 0.29) is 24.1 Å². The molecule has 1 aliphatic rings. The summed E-state index contributed by atoms with van der Waals surface area (Å²) in [6, 6.07) is 7.96. The summed E-state index contributed by atoms with van der Waals surface area (Å²) in [5, 5.41) is 9.03. The number of aromatic amines is 1. The van der Waals surface area contributed by atoms with E-state index in [9.17, 15) is 9.59 Å². The molecule has 2 N–H and O–H groups in total. The minimum atomic E-state index is -0.260. The lowest BCUT2D eigenvalue weighted by molar-refractivity contribution is -0.122. The molecule has 1 aromatic carbocycles. The van der Waals surface area contributed by atoms with Gasteiger partial charge in [0.15, 0.2) is 0 Å². The summed E-state index contributed by atoms with van der Waals surface area (Å²) < 4.78 is 1.24. The van der Waals surface area contributed by atoms with Crippen LogP contribution in [0.5, 0.6) is 0 Å². The number of carbonyl (C=O) groups excluding carboxylic acids is 1. The van der Waals surface area contributed by atoms with Crippen LogP contribution in [0.2, 0.25) is 0 Å². The summed E-state index contributed by atoms with van der Waals surface area (Å²) >= 11 is 0. The van der Waals surface area contributed by atoms with E-state index >= 15 is 0 Å². The molecule has 4 rings (SSSR count). The number of aromatic nitrogens is 3. The summed E-state index contributed by atoms with van der Waals surface area (Å²) in [5.41, 5.74) is 1.14. The average Bonchev–Trinajstić information content (AvgIpc) is 2.80. The quantitative estimate of drug-likeness (QED) is 0.721. The van der Waals surface area contributed by atoms with Crippen molar-refractivity contribution in [3.05, 3.63) is 40.8 Å². The predicted molar refractivity (Wildman–Crippen MR) is 97.5 cm³/mol. The Balaban J connectivity index is 1.57. The van der Waals surface area contributed by atoms with E-state index < -0.39 is 0 Å². The summed E-state index contributed by atoms with van der Waals surface area (Å²) in [4.78, 5) is 28.1. The monoisotopic (exact) mass is 338 g/mol. The number of rotatable bonds is 3. The van der Waals surface area contributed by atoms with Crippen LogP contribution >= 0.6 is 0 Å². The first-order valence-electron chi connectivity index (χ1n) is 8.98. The second-order valence-corrected chi connectivity index (χ2v) is 6.82. The van der Waals surface area contributed by atoms with Crippen molar-refractivity contribution >= 4 is 27.7 Å². The van der Waals surface area contributed by atoms with Gasteiger partial charge in [0.1, 0.15) is 12.1 Å². The molecule has 2 aromatic heterocycles. The molecule has 0 radical (unpaired) electrons. The van der Waals surface area contributed by atoms with Gasteiger partial charge in [-0.25, -0.2) is 4.68 Å². The van der Waals surface area contributed by atoms with Gasteiger partial charge in [0.2, 0.25) is 5.91 Å². The van der Waals surface area contributed by atoms with Gasteiger partial charge in [-0.3, -0.25) is 9.59 Å². The highest BCUT2D eigenvalue weighted by Gasteiger charge is 2.16. The number of hydrogen-bond acceptors (Lipinski definition) is 3. The maximum atomic E-state index is 12.7. The summed E-state index contributed by atoms with van der Waals surface area (Å²) in [6.07, 6.45) is 8.50. The molecule has 0 aliphatic heterocycles. The largest absolute Gasteiger partial charge is 0.352 e. The van der Waals surface area contributed by atoms with Crippen molar-refractivity contribution in [1.82, 2.24) is 20.1 Å². The molecule has 1 aliphatic carbocycles. The van der Waals surface area contributed by atoms with Crippen LogP contribution in [-0.2, 0) is 11.3 Å². The van der Waals surface area contributed by atoms with Crippen LogP contribution in [0.15, 0.2) is 35.3 Å². The third-order valence-corrected chi connectivity index (χ3v) is 5.03. The van der Waals surface area contributed by atoms with E-state index in [1.54, 1.807) is 6.20 Å². The Morgan fingerprint density at radius 2 is 1.92 bits per heavy atom. The number of H-pyrrole nitrogens is 1. The van der Waals surface area contributed by atoms with Crippen molar-refractivity contribution in [2.24, 2.45) is 0 Å². The number of amides is 1. The first-order valence-corrected chi connectivity index (χ1v) is 8.98. The molecule has 0 bridgehead atoms. The Morgan fingerprint density at radius 1 is 1.16 bits per heavy atom. The zero-order valence-electron chi connectivity index (χ0n) is 14.1. The zero-order chi connectivity index (χ0) is 17.2. The normalized spacial score (nSPS) is 16.2. The van der Waals surface area contributed by atoms with Gasteiger partial charge < -0.3 is 10.3 Å². The van der Waals surface area contributed by atoms with Gasteiger partial charge in [0, 0.05) is 22.3 Å². The fourth-order valence-corrected chi connectivity index (χ4v) is 3.72. The maximum absolute atomic E-state index is 12.7. The lowest BCUT2D eigenvalue weighted by Gasteiger charge is -2.16. The second-order valence-electron chi connectivity index (χ2n) is 6.82. The van der Waals surface area contributed by atoms with Gasteiger partial charge in [-0.1, -0.05) is 43.9 Å². The number of nitrogens with one attached hydrogen (secondary N) is 2. The average molecular weight is 338 g/mol. The van der Waals surface area contributed by atoms with E-state index in [2.05, 4.69) is 15.4 Å². The third kappa shape index (κ3) is 3.16. The smallest absolute Gasteiger partial charge is 0.291 e. The van der Waals surface area contributed by atoms with E-state index in [1.807, 2.05) is 24.3 Å². The van der Waals surface area contributed by atoms with Gasteiger partial charge >= 0.3 is 0 Å². The van der Waals surface area contributed by atoms with Gasteiger partial charge in [0.05, 0.1) is 6.20 Å². The second kappa shape index (κ2) is 6.70. The van der Waals surface area contributed by atoms with Crippen molar-refractivity contribution in [1.29, 1.82) is 0 Å². The van der Waals surface area contributed by atoms with Crippen molar-refractivity contribution in [2.45, 2.75) is 51.1 Å². The van der Waals surface area contributed by atoms with Crippen molar-refractivity contribution in [3.63, 3.8) is 0 Å². The fraction of sp³-hybridized carbons (Fsp3) is 0.421. The lowest BCUT2D eigenvalue weighted by atomic mass is 10.1. The standard InChI is InChI=1S/C19H22N4O2/c24-17(21-13-7-3-1-2-4-8-13)12-23-19(25)18-15(11-20-23)14-9-5-6-10-16(14)22-18/h5-6,9-11,13,22H,1-4,7-8,12H2,(H,21,24). The van der Waals surface area contributed by atoms with Crippen LogP contribution in [0.3, 0.4) is 0 Å². The van der Waals surface area contributed by atoms with Crippen LogP contribution < -0.4 is 10.9 Å². The Labute approximate surface area is 145 Å². The van der Waals surface area contributed by atoms with E-state index in [1.165, 1.54) is 17.5 Å². The molecule has 0 unspecified atom stereocenters. The SMILES string of the molecule is O=C(Cn1ncc2c([nH]c3ccccc32)c1=O)NC1CCCCCC1. The van der Waals surface area contributed by atoms with Crippen LogP contribution in [0.4, 0.5) is 0 Å². The van der Waals surface area contributed by atoms with E-state index in [0.29, 0.717) is 5.52 Å². The molecule has 0 saturated heterocycles. The van der Waals surface area contributed by atoms with Crippen LogP contribution in [0.1, 0.15) is 38.5 Å². The first-order chi connectivity index (χ1) is 12.2. The van der Waals surface area contributed by atoms with Gasteiger partial charge in [-0.15, -0.1) is 0 Å². The number of benzene rings is 1. The summed E-state index contributed by atoms with van der Waals surface area (Å²) in [7, 11) is 0. The Kier molecular flexibility index (Phi) is 4.26. The molecule has 25 heavy (non-hydrogen) atoms. The minimum Gasteiger partial charge on any atom is -0.352 e. The number of hydrogen-bond donors (Lipinski definition) is 2. The van der Waals surface area contributed by atoms with Gasteiger partial charge in [-0.2, -0.15) is 5.10 Å². The van der Waals surface area contributed by atoms with Crippen molar-refractivity contribution < 1.29 is 4.79 Å². The maximum Gasteiger partial charge on any atom is 0.291 e. The van der Waals surface area contributed by atoms with Crippen LogP contribution in [0.25, 0.3) is 21.8 Å². The van der Waals surface area contributed by atoms with Crippen LogP contribution in [0, 0.1) is 0 Å². The molecule has 6 nitrogen and oxygen atoms in total. The van der Waals surface area contributed by atoms with Crippen molar-refractivity contribution in [2.75, 3.05) is 0 Å². The van der Waals surface area contributed by atoms with E-state index in [4.69, 9.17) is 0 Å². The molecule has 0 atom stereocenters. The molecular formula is C19H22N4O2. The van der Waals surface area contributed by atoms with E-state index in [0.717, 1.165) is 42.0 Å². The van der Waals surface area contributed by atoms with Gasteiger partial charge in [-0.05, 0) is 18.9 Å². The molecule has 1 amide bonds. The number of para-hydroxylation sites is 1. The number of fused-ring (bicyclic) bond motifs is 3. The Hall–Kier alpha value is -2.63. The first kappa shape index (κ1) is 15.9. The zero-order valence-corrected chi connectivity index (χ0v) is 14.1. The molecule has 2 heterocycles. The van der Waals surface area contributed by atoms with Crippen molar-refractivity contribution in [3.8, 4) is 0 Å². The molecule has 130 valence electrons. The molecular weight excluding hydrogens is 316 g/mol. The number of carbonyl (C=O) groups is 1.